The Hall–Kier alpha value is -2.76. The van der Waals surface area contributed by atoms with E-state index < -0.39 is 11.6 Å². The van der Waals surface area contributed by atoms with Gasteiger partial charge in [-0.25, -0.2) is 4.79 Å². The van der Waals surface area contributed by atoms with Crippen molar-refractivity contribution in [3.8, 4) is 5.75 Å². The predicted octanol–water partition coefficient (Wildman–Crippen LogP) is 2.99. The molecule has 1 aliphatic rings. The molecule has 23 heavy (non-hydrogen) atoms. The number of carbonyl (C=O) groups excluding carboxylic acids is 1. The Morgan fingerprint density at radius 3 is 2.65 bits per heavy atom. The Bertz CT molecular complexity index is 790. The van der Waals surface area contributed by atoms with Crippen molar-refractivity contribution in [1.82, 2.24) is 0 Å². The Morgan fingerprint density at radius 1 is 1.26 bits per heavy atom. The fourth-order valence-electron chi connectivity index (χ4n) is 2.57. The van der Waals surface area contributed by atoms with Gasteiger partial charge in [-0.3, -0.25) is 9.69 Å². The van der Waals surface area contributed by atoms with Gasteiger partial charge in [0.2, 0.25) is 5.76 Å². The number of aromatic carboxylic acids is 1. The number of carboxylic acids is 1. The lowest BCUT2D eigenvalue weighted by molar-refractivity contribution is -0.132. The van der Waals surface area contributed by atoms with Gasteiger partial charge in [0.1, 0.15) is 11.5 Å². The summed E-state index contributed by atoms with van der Waals surface area (Å²) in [4.78, 5) is 25.2. The summed E-state index contributed by atoms with van der Waals surface area (Å²) in [6.45, 7) is 5.49. The molecule has 0 atom stereocenters. The normalized spacial score (nSPS) is 16.0. The largest absolute Gasteiger partial charge is 0.476 e. The van der Waals surface area contributed by atoms with Crippen LogP contribution >= 0.6 is 0 Å². The molecule has 1 aliphatic heterocycles. The summed E-state index contributed by atoms with van der Waals surface area (Å²) in [6.07, 6.45) is 0. The molecule has 120 valence electrons. The molecule has 1 amide bonds. The molecule has 0 saturated carbocycles. The first-order chi connectivity index (χ1) is 10.8. The summed E-state index contributed by atoms with van der Waals surface area (Å²) in [6, 6.07) is 8.55. The third-order valence-electron chi connectivity index (χ3n) is 3.72. The lowest BCUT2D eigenvalue weighted by Gasteiger charge is -2.38. The van der Waals surface area contributed by atoms with Crippen molar-refractivity contribution in [3.63, 3.8) is 0 Å². The molecule has 6 heteroatoms. The van der Waals surface area contributed by atoms with E-state index in [1.165, 1.54) is 6.07 Å². The molecular weight excluding hydrogens is 298 g/mol. The van der Waals surface area contributed by atoms with Crippen LogP contribution in [-0.2, 0) is 11.3 Å². The average Bonchev–Trinajstić information content (AvgIpc) is 2.93. The minimum Gasteiger partial charge on any atom is -0.476 e. The number of rotatable bonds is 3. The van der Waals surface area contributed by atoms with Crippen LogP contribution in [0.25, 0.3) is 0 Å². The number of aryl methyl sites for hydroxylation is 1. The number of ether oxygens (including phenoxy) is 1. The highest BCUT2D eigenvalue weighted by molar-refractivity contribution is 6.02. The number of nitrogens with zero attached hydrogens (tertiary/aromatic N) is 1. The molecule has 1 N–H and O–H groups in total. The quantitative estimate of drug-likeness (QED) is 0.942. The number of furan rings is 1. The lowest BCUT2D eigenvalue weighted by atomic mass is 10.0. The van der Waals surface area contributed by atoms with Gasteiger partial charge in [-0.1, -0.05) is 6.07 Å². The van der Waals surface area contributed by atoms with Crippen molar-refractivity contribution in [2.24, 2.45) is 0 Å². The molecule has 0 aliphatic carbocycles. The van der Waals surface area contributed by atoms with Crippen LogP contribution in [0.2, 0.25) is 0 Å². The monoisotopic (exact) mass is 315 g/mol. The second-order valence-electron chi connectivity index (χ2n) is 6.05. The summed E-state index contributed by atoms with van der Waals surface area (Å²) < 4.78 is 11.1. The highest BCUT2D eigenvalue weighted by Gasteiger charge is 2.41. The Labute approximate surface area is 133 Å². The fourth-order valence-corrected chi connectivity index (χ4v) is 2.57. The van der Waals surface area contributed by atoms with Crippen LogP contribution in [0, 0.1) is 6.92 Å². The van der Waals surface area contributed by atoms with E-state index in [9.17, 15) is 9.59 Å². The number of amides is 1. The fraction of sp³-hybridized carbons (Fsp3) is 0.294. The standard InChI is InChI=1S/C17H17NO5/c1-10-4-6-13-12(8-10)18(16(21)17(2,3)23-13)9-11-5-7-14(22-11)15(19)20/h4-8H,9H2,1-3H3,(H,19,20). The Kier molecular flexibility index (Phi) is 3.39. The van der Waals surface area contributed by atoms with E-state index in [-0.39, 0.29) is 18.2 Å². The first-order valence-corrected chi connectivity index (χ1v) is 7.21. The molecule has 0 spiro atoms. The molecule has 1 aromatic carbocycles. The van der Waals surface area contributed by atoms with E-state index in [2.05, 4.69) is 0 Å². The summed E-state index contributed by atoms with van der Waals surface area (Å²) in [5, 5.41) is 8.94. The van der Waals surface area contributed by atoms with Gasteiger partial charge in [0.05, 0.1) is 12.2 Å². The molecule has 0 radical (unpaired) electrons. The molecule has 0 saturated heterocycles. The highest BCUT2D eigenvalue weighted by atomic mass is 16.5. The van der Waals surface area contributed by atoms with Crippen molar-refractivity contribution in [2.75, 3.05) is 4.90 Å². The van der Waals surface area contributed by atoms with Crippen molar-refractivity contribution in [2.45, 2.75) is 32.9 Å². The van der Waals surface area contributed by atoms with Crippen LogP contribution in [-0.4, -0.2) is 22.6 Å². The minimum atomic E-state index is -1.14. The summed E-state index contributed by atoms with van der Waals surface area (Å²) in [5.74, 6) is -0.472. The molecule has 0 bridgehead atoms. The third kappa shape index (κ3) is 2.67. The topological polar surface area (TPSA) is 80.0 Å². The second kappa shape index (κ2) is 5.15. The van der Waals surface area contributed by atoms with Gasteiger partial charge >= 0.3 is 5.97 Å². The molecule has 1 aromatic heterocycles. The molecule has 6 nitrogen and oxygen atoms in total. The summed E-state index contributed by atoms with van der Waals surface area (Å²) in [7, 11) is 0. The first kappa shape index (κ1) is 15.1. The van der Waals surface area contributed by atoms with E-state index in [0.717, 1.165) is 5.56 Å². The van der Waals surface area contributed by atoms with E-state index in [0.29, 0.717) is 17.2 Å². The zero-order valence-corrected chi connectivity index (χ0v) is 13.1. The smallest absolute Gasteiger partial charge is 0.371 e. The van der Waals surface area contributed by atoms with Crippen LogP contribution in [0.1, 0.15) is 35.7 Å². The predicted molar refractivity (Wildman–Crippen MR) is 82.7 cm³/mol. The van der Waals surface area contributed by atoms with Gasteiger partial charge in [-0.2, -0.15) is 0 Å². The maximum absolute atomic E-state index is 12.7. The van der Waals surface area contributed by atoms with Gasteiger partial charge in [-0.15, -0.1) is 0 Å². The van der Waals surface area contributed by atoms with Gasteiger partial charge in [0, 0.05) is 0 Å². The van der Waals surface area contributed by atoms with E-state index in [4.69, 9.17) is 14.3 Å². The van der Waals surface area contributed by atoms with Gasteiger partial charge in [0.25, 0.3) is 5.91 Å². The lowest BCUT2D eigenvalue weighted by Crippen LogP contribution is -2.52. The summed E-state index contributed by atoms with van der Waals surface area (Å²) in [5.41, 5.74) is 0.655. The second-order valence-corrected chi connectivity index (χ2v) is 6.05. The van der Waals surface area contributed by atoms with E-state index in [1.807, 2.05) is 25.1 Å². The number of carboxylic acid groups (broad SMARTS) is 1. The van der Waals surface area contributed by atoms with Gasteiger partial charge in [0.15, 0.2) is 5.60 Å². The zero-order chi connectivity index (χ0) is 16.8. The Morgan fingerprint density at radius 2 is 2.00 bits per heavy atom. The molecule has 2 aromatic rings. The third-order valence-corrected chi connectivity index (χ3v) is 3.72. The van der Waals surface area contributed by atoms with Gasteiger partial charge in [-0.05, 0) is 50.6 Å². The minimum absolute atomic E-state index is 0.148. The molecule has 0 unspecified atom stereocenters. The number of anilines is 1. The van der Waals surface area contributed by atoms with Crippen molar-refractivity contribution in [1.29, 1.82) is 0 Å². The maximum Gasteiger partial charge on any atom is 0.371 e. The number of carbonyl (C=O) groups is 2. The maximum atomic E-state index is 12.7. The van der Waals surface area contributed by atoms with Crippen LogP contribution in [0.5, 0.6) is 5.75 Å². The van der Waals surface area contributed by atoms with E-state index in [1.54, 1.807) is 24.8 Å². The number of hydrogen-bond donors (Lipinski definition) is 1. The average molecular weight is 315 g/mol. The Balaban J connectivity index is 2.00. The molecule has 3 rings (SSSR count). The van der Waals surface area contributed by atoms with Crippen molar-refractivity contribution in [3.05, 3.63) is 47.4 Å². The van der Waals surface area contributed by atoms with Gasteiger partial charge < -0.3 is 14.3 Å². The zero-order valence-electron chi connectivity index (χ0n) is 13.1. The molecular formula is C17H17NO5. The number of fused-ring (bicyclic) bond motifs is 1. The van der Waals surface area contributed by atoms with Crippen molar-refractivity contribution >= 4 is 17.6 Å². The molecule has 0 fully saturated rings. The first-order valence-electron chi connectivity index (χ1n) is 7.21. The SMILES string of the molecule is Cc1ccc2c(c1)N(Cc1ccc(C(=O)O)o1)C(=O)C(C)(C)O2. The van der Waals surface area contributed by atoms with Crippen LogP contribution in [0.4, 0.5) is 5.69 Å². The summed E-state index contributed by atoms with van der Waals surface area (Å²) >= 11 is 0. The van der Waals surface area contributed by atoms with Crippen LogP contribution in [0.3, 0.4) is 0 Å². The van der Waals surface area contributed by atoms with Crippen LogP contribution < -0.4 is 9.64 Å². The highest BCUT2D eigenvalue weighted by Crippen LogP contribution is 2.39. The van der Waals surface area contributed by atoms with E-state index >= 15 is 0 Å². The number of hydrogen-bond acceptors (Lipinski definition) is 4. The van der Waals surface area contributed by atoms with Crippen LogP contribution in [0.15, 0.2) is 34.7 Å². The van der Waals surface area contributed by atoms with Crippen molar-refractivity contribution < 1.29 is 23.8 Å². The number of benzene rings is 1. The molecule has 2 heterocycles.